The fourth-order valence-electron chi connectivity index (χ4n) is 2.43. The molecule has 0 aliphatic heterocycles. The van der Waals surface area contributed by atoms with E-state index in [1.165, 1.54) is 16.7 Å². The standard InChI is InChI=1S/C19H28O.C9H13.C2H7Si.Ti/c1-15(18(2,3)4)13-16(19(5,6)7)14-20-17-11-9-8-10-12-17;1-9(2,3)8-6-4-5-7-8;1-3-2;/h8-14H,1-7H3;6-7H,4H2,1-3H3;3H,1-2H3;/q;-1;;. The first kappa shape index (κ1) is 34.1. The van der Waals surface area contributed by atoms with Gasteiger partial charge in [0.2, 0.25) is 0 Å². The third kappa shape index (κ3) is 15.4. The molecule has 0 aromatic heterocycles. The molecule has 1 aromatic rings. The summed E-state index contributed by atoms with van der Waals surface area (Å²) in [6, 6.07) is 9.89. The van der Waals surface area contributed by atoms with Gasteiger partial charge in [-0.2, -0.15) is 11.6 Å². The van der Waals surface area contributed by atoms with E-state index in [2.05, 4.69) is 107 Å². The Morgan fingerprint density at radius 3 is 1.76 bits per heavy atom. The molecule has 183 valence electrons. The Kier molecular flexibility index (Phi) is 16.3. The zero-order valence-corrected chi connectivity index (χ0v) is 26.1. The minimum absolute atomic E-state index is 0. The van der Waals surface area contributed by atoms with Gasteiger partial charge in [-0.25, -0.2) is 6.08 Å². The Hall–Kier alpha value is -1.09. The van der Waals surface area contributed by atoms with Crippen LogP contribution in [0.15, 0.2) is 71.5 Å². The number of rotatable bonds is 3. The average molecular weight is 501 g/mol. The zero-order chi connectivity index (χ0) is 25.0. The molecule has 1 aromatic carbocycles. The summed E-state index contributed by atoms with van der Waals surface area (Å²) < 4.78 is 5.80. The SMILES string of the molecule is CC(=CC(=COc1ccccc1)C(C)(C)C)C(C)(C)C.CC(C)(C)C1=CC[C-]=C1.C[SiH]C.[Ti]. The normalized spacial score (nSPS) is 14.2. The summed E-state index contributed by atoms with van der Waals surface area (Å²) >= 11 is 0. The fourth-order valence-corrected chi connectivity index (χ4v) is 2.43. The maximum atomic E-state index is 5.80. The monoisotopic (exact) mass is 500 g/mol. The van der Waals surface area contributed by atoms with Crippen LogP contribution in [0.3, 0.4) is 0 Å². The molecule has 2 rings (SSSR count). The molecule has 0 heterocycles. The molecule has 0 amide bonds. The largest absolute Gasteiger partial charge is 0.465 e. The number of para-hydroxylation sites is 1. The van der Waals surface area contributed by atoms with E-state index in [-0.39, 0.29) is 32.5 Å². The van der Waals surface area contributed by atoms with E-state index >= 15 is 0 Å². The van der Waals surface area contributed by atoms with Gasteiger partial charge in [-0.1, -0.05) is 111 Å². The zero-order valence-electron chi connectivity index (χ0n) is 23.4. The predicted molar refractivity (Wildman–Crippen MR) is 147 cm³/mol. The van der Waals surface area contributed by atoms with Crippen LogP contribution in [0.1, 0.15) is 75.7 Å². The molecule has 1 aliphatic rings. The molecule has 0 unspecified atom stereocenters. The van der Waals surface area contributed by atoms with E-state index in [4.69, 9.17) is 4.74 Å². The third-order valence-corrected chi connectivity index (χ3v) is 5.05. The van der Waals surface area contributed by atoms with Crippen LogP contribution in [0.5, 0.6) is 5.75 Å². The van der Waals surface area contributed by atoms with Gasteiger partial charge in [0.1, 0.15) is 5.75 Å². The van der Waals surface area contributed by atoms with Crippen molar-refractivity contribution in [1.82, 2.24) is 0 Å². The van der Waals surface area contributed by atoms with Crippen molar-refractivity contribution in [3.8, 4) is 5.75 Å². The molecule has 1 nitrogen and oxygen atoms in total. The average Bonchev–Trinajstić information content (AvgIpc) is 3.20. The van der Waals surface area contributed by atoms with Crippen LogP contribution in [-0.2, 0) is 21.7 Å². The molecule has 0 saturated heterocycles. The molecule has 0 fully saturated rings. The van der Waals surface area contributed by atoms with Gasteiger partial charge in [0.15, 0.2) is 0 Å². The fraction of sp³-hybridized carbons (Fsp3) is 0.533. The second-order valence-corrected chi connectivity index (χ2v) is 12.5. The number of benzene rings is 1. The third-order valence-electron chi connectivity index (χ3n) is 5.05. The van der Waals surface area contributed by atoms with Crippen LogP contribution in [0.4, 0.5) is 0 Å². The number of allylic oxidation sites excluding steroid dienone is 7. The van der Waals surface area contributed by atoms with Crippen LogP contribution in [0, 0.1) is 22.3 Å². The van der Waals surface area contributed by atoms with Gasteiger partial charge < -0.3 is 4.74 Å². The minimum atomic E-state index is 0. The summed E-state index contributed by atoms with van der Waals surface area (Å²) in [6.07, 6.45) is 12.6. The van der Waals surface area contributed by atoms with E-state index in [0.29, 0.717) is 5.41 Å². The van der Waals surface area contributed by atoms with Crippen molar-refractivity contribution >= 4 is 9.52 Å². The summed E-state index contributed by atoms with van der Waals surface area (Å²) in [5, 5.41) is 0. The van der Waals surface area contributed by atoms with Gasteiger partial charge in [0.25, 0.3) is 0 Å². The van der Waals surface area contributed by atoms with Gasteiger partial charge in [-0.05, 0) is 35.5 Å². The summed E-state index contributed by atoms with van der Waals surface area (Å²) in [5.41, 5.74) is 4.54. The van der Waals surface area contributed by atoms with Crippen molar-refractivity contribution < 1.29 is 26.5 Å². The molecule has 1 radical (unpaired) electrons. The number of ether oxygens (including phenoxy) is 1. The van der Waals surface area contributed by atoms with Gasteiger partial charge in [0.05, 0.1) is 6.26 Å². The van der Waals surface area contributed by atoms with Gasteiger partial charge >= 0.3 is 0 Å². The molecule has 0 saturated carbocycles. The van der Waals surface area contributed by atoms with Crippen LogP contribution in [0.25, 0.3) is 0 Å². The second-order valence-electron chi connectivity index (χ2n) is 11.4. The Morgan fingerprint density at radius 1 is 0.909 bits per heavy atom. The van der Waals surface area contributed by atoms with Crippen molar-refractivity contribution in [3.63, 3.8) is 0 Å². The first-order valence-corrected chi connectivity index (χ1v) is 14.1. The second kappa shape index (κ2) is 15.7. The van der Waals surface area contributed by atoms with E-state index in [9.17, 15) is 0 Å². The van der Waals surface area contributed by atoms with Crippen LogP contribution in [-0.4, -0.2) is 9.52 Å². The summed E-state index contributed by atoms with van der Waals surface area (Å²) in [7, 11) is 0.750. The van der Waals surface area contributed by atoms with Crippen molar-refractivity contribution in [2.75, 3.05) is 0 Å². The van der Waals surface area contributed by atoms with Crippen molar-refractivity contribution in [1.29, 1.82) is 0 Å². The van der Waals surface area contributed by atoms with Crippen molar-refractivity contribution in [2.24, 2.45) is 16.2 Å². The van der Waals surface area contributed by atoms with Gasteiger partial charge in [0, 0.05) is 31.2 Å². The molecule has 0 spiro atoms. The molecule has 33 heavy (non-hydrogen) atoms. The van der Waals surface area contributed by atoms with E-state index in [1.807, 2.05) is 36.6 Å². The summed E-state index contributed by atoms with van der Waals surface area (Å²) in [4.78, 5) is 0. The molecular weight excluding hydrogens is 452 g/mol. The Bertz CT molecular complexity index is 779. The summed E-state index contributed by atoms with van der Waals surface area (Å²) in [5.74, 6) is 0.871. The maximum Gasteiger partial charge on any atom is 0.126 e. The number of hydrogen-bond acceptors (Lipinski definition) is 1. The minimum Gasteiger partial charge on any atom is -0.465 e. The molecule has 0 N–H and O–H groups in total. The quantitative estimate of drug-likeness (QED) is 0.174. The van der Waals surface area contributed by atoms with Gasteiger partial charge in [-0.3, -0.25) is 6.08 Å². The Labute approximate surface area is 223 Å². The smallest absolute Gasteiger partial charge is 0.126 e. The van der Waals surface area contributed by atoms with Gasteiger partial charge in [-0.15, -0.1) is 6.42 Å². The van der Waals surface area contributed by atoms with E-state index in [0.717, 1.165) is 21.7 Å². The first-order valence-electron chi connectivity index (χ1n) is 11.7. The molecule has 3 heteroatoms. The first-order chi connectivity index (χ1) is 14.6. The maximum absolute atomic E-state index is 5.80. The van der Waals surface area contributed by atoms with Crippen LogP contribution in [0.2, 0.25) is 13.1 Å². The molecule has 0 bridgehead atoms. The summed E-state index contributed by atoms with van der Waals surface area (Å²) in [6.45, 7) is 26.6. The van der Waals surface area contributed by atoms with E-state index < -0.39 is 0 Å². The Balaban J connectivity index is 0. The van der Waals surface area contributed by atoms with E-state index in [1.54, 1.807) is 0 Å². The predicted octanol–water partition coefficient (Wildman–Crippen LogP) is 9.23. The topological polar surface area (TPSA) is 9.23 Å². The van der Waals surface area contributed by atoms with Crippen molar-refractivity contribution in [3.05, 3.63) is 77.6 Å². The molecule has 1 aliphatic carbocycles. The van der Waals surface area contributed by atoms with Crippen molar-refractivity contribution in [2.45, 2.75) is 88.8 Å². The Morgan fingerprint density at radius 2 is 1.42 bits per heavy atom. The molecular formula is C30H48OSiTi-. The van der Waals surface area contributed by atoms with Crippen LogP contribution < -0.4 is 4.74 Å². The van der Waals surface area contributed by atoms with Crippen LogP contribution >= 0.6 is 0 Å². The molecule has 0 atom stereocenters. The number of hydrogen-bond donors (Lipinski definition) is 0.